The molecule has 3 nitrogen and oxygen atoms in total. The van der Waals surface area contributed by atoms with Crippen molar-refractivity contribution >= 4 is 11.0 Å². The highest BCUT2D eigenvalue weighted by atomic mass is 16.3. The minimum atomic E-state index is 0.265. The molecule has 1 heterocycles. The summed E-state index contributed by atoms with van der Waals surface area (Å²) in [4.78, 5) is 2.37. The van der Waals surface area contributed by atoms with Crippen LogP contribution in [0.5, 0.6) is 0 Å². The number of benzene rings is 1. The molecule has 0 radical (unpaired) electrons. The highest BCUT2D eigenvalue weighted by Crippen LogP contribution is 2.37. The van der Waals surface area contributed by atoms with Crippen molar-refractivity contribution in [3.8, 4) is 0 Å². The molecule has 0 saturated heterocycles. The van der Waals surface area contributed by atoms with E-state index >= 15 is 0 Å². The van der Waals surface area contributed by atoms with E-state index in [0.29, 0.717) is 6.04 Å². The van der Waals surface area contributed by atoms with Crippen LogP contribution in [0.3, 0.4) is 0 Å². The molecule has 1 aliphatic carbocycles. The summed E-state index contributed by atoms with van der Waals surface area (Å²) in [5, 5.41) is 1.17. The lowest BCUT2D eigenvalue weighted by Gasteiger charge is -2.31. The Balaban J connectivity index is 1.83. The van der Waals surface area contributed by atoms with Gasteiger partial charge in [-0.15, -0.1) is 0 Å². The quantitative estimate of drug-likeness (QED) is 0.895. The fourth-order valence-corrected chi connectivity index (χ4v) is 2.87. The van der Waals surface area contributed by atoms with Gasteiger partial charge in [-0.2, -0.15) is 0 Å². The molecular formula is C16H22N2O. The summed E-state index contributed by atoms with van der Waals surface area (Å²) in [6.45, 7) is 2.93. The number of furan rings is 1. The number of hydrogen-bond acceptors (Lipinski definition) is 3. The van der Waals surface area contributed by atoms with E-state index in [4.69, 9.17) is 10.2 Å². The molecule has 0 spiro atoms. The van der Waals surface area contributed by atoms with Crippen molar-refractivity contribution in [2.45, 2.75) is 31.8 Å². The lowest BCUT2D eigenvalue weighted by atomic mass is 10.1. The summed E-state index contributed by atoms with van der Waals surface area (Å²) in [6.07, 6.45) is 2.64. The Morgan fingerprint density at radius 3 is 2.74 bits per heavy atom. The van der Waals surface area contributed by atoms with Gasteiger partial charge in [0.2, 0.25) is 0 Å². The number of nitrogens with zero attached hydrogens (tertiary/aromatic N) is 1. The number of hydrogen-bond donors (Lipinski definition) is 1. The molecule has 2 unspecified atom stereocenters. The van der Waals surface area contributed by atoms with Gasteiger partial charge in [0.1, 0.15) is 11.3 Å². The largest absolute Gasteiger partial charge is 0.459 e. The Kier molecular flexibility index (Phi) is 3.33. The van der Waals surface area contributed by atoms with Crippen LogP contribution in [0.2, 0.25) is 0 Å². The number of nitrogens with two attached hydrogens (primary N) is 1. The molecule has 2 N–H and O–H groups in total. The first-order valence-electron chi connectivity index (χ1n) is 7.11. The van der Waals surface area contributed by atoms with Crippen molar-refractivity contribution in [1.82, 2.24) is 4.90 Å². The zero-order valence-corrected chi connectivity index (χ0v) is 11.7. The van der Waals surface area contributed by atoms with Crippen LogP contribution in [-0.2, 0) is 0 Å². The topological polar surface area (TPSA) is 42.4 Å². The third-order valence-corrected chi connectivity index (χ3v) is 4.40. The molecule has 2 aromatic rings. The summed E-state index contributed by atoms with van der Waals surface area (Å²) in [6, 6.07) is 11.1. The van der Waals surface area contributed by atoms with Gasteiger partial charge in [0, 0.05) is 18.0 Å². The van der Waals surface area contributed by atoms with Crippen LogP contribution in [0, 0.1) is 5.92 Å². The zero-order chi connectivity index (χ0) is 13.4. The average molecular weight is 258 g/mol. The summed E-state index contributed by atoms with van der Waals surface area (Å²) in [5.74, 6) is 1.81. The highest BCUT2D eigenvalue weighted by Gasteiger charge is 2.35. The van der Waals surface area contributed by atoms with Gasteiger partial charge in [-0.1, -0.05) is 18.2 Å². The minimum absolute atomic E-state index is 0.265. The Hall–Kier alpha value is -1.32. The van der Waals surface area contributed by atoms with Gasteiger partial charge in [-0.3, -0.25) is 4.90 Å². The summed E-state index contributed by atoms with van der Waals surface area (Å²) in [7, 11) is 2.16. The maximum Gasteiger partial charge on any atom is 0.134 e. The van der Waals surface area contributed by atoms with Gasteiger partial charge in [0.15, 0.2) is 0 Å². The van der Waals surface area contributed by atoms with Crippen LogP contribution in [0.1, 0.15) is 31.6 Å². The fraction of sp³-hybridized carbons (Fsp3) is 0.500. The Morgan fingerprint density at radius 2 is 2.11 bits per heavy atom. The van der Waals surface area contributed by atoms with Gasteiger partial charge in [0.25, 0.3) is 0 Å². The first-order chi connectivity index (χ1) is 9.20. The Bertz CT molecular complexity index is 526. The van der Waals surface area contributed by atoms with Crippen molar-refractivity contribution in [3.63, 3.8) is 0 Å². The second kappa shape index (κ2) is 4.99. The van der Waals surface area contributed by atoms with E-state index in [1.165, 1.54) is 18.2 Å². The second-order valence-electron chi connectivity index (χ2n) is 5.67. The number of likely N-dealkylation sites (N-methyl/N-ethyl adjacent to an activating group) is 1. The molecule has 3 heteroatoms. The molecule has 0 bridgehead atoms. The maximum atomic E-state index is 5.96. The van der Waals surface area contributed by atoms with E-state index in [0.717, 1.165) is 23.8 Å². The molecule has 1 saturated carbocycles. The summed E-state index contributed by atoms with van der Waals surface area (Å²) < 4.78 is 5.96. The highest BCUT2D eigenvalue weighted by molar-refractivity contribution is 5.77. The molecule has 2 atom stereocenters. The number of fused-ring (bicyclic) bond motifs is 1. The van der Waals surface area contributed by atoms with Gasteiger partial charge in [0.05, 0.1) is 6.04 Å². The molecule has 0 aliphatic heterocycles. The van der Waals surface area contributed by atoms with E-state index in [-0.39, 0.29) is 6.04 Å². The predicted molar refractivity (Wildman–Crippen MR) is 78.0 cm³/mol. The number of rotatable bonds is 5. The lowest BCUT2D eigenvalue weighted by molar-refractivity contribution is 0.154. The zero-order valence-electron chi connectivity index (χ0n) is 11.7. The number of para-hydroxylation sites is 1. The normalized spacial score (nSPS) is 18.9. The predicted octanol–water partition coefficient (Wildman–Crippen LogP) is 3.16. The van der Waals surface area contributed by atoms with Crippen molar-refractivity contribution < 1.29 is 4.42 Å². The van der Waals surface area contributed by atoms with Gasteiger partial charge in [-0.05, 0) is 44.9 Å². The monoisotopic (exact) mass is 258 g/mol. The second-order valence-corrected chi connectivity index (χ2v) is 5.67. The van der Waals surface area contributed by atoms with Crippen molar-refractivity contribution in [2.75, 3.05) is 13.6 Å². The minimum Gasteiger partial charge on any atom is -0.459 e. The molecule has 1 aromatic heterocycles. The van der Waals surface area contributed by atoms with E-state index in [1.54, 1.807) is 0 Å². The summed E-state index contributed by atoms with van der Waals surface area (Å²) >= 11 is 0. The van der Waals surface area contributed by atoms with Crippen LogP contribution in [0.15, 0.2) is 34.7 Å². The van der Waals surface area contributed by atoms with E-state index in [2.05, 4.69) is 31.0 Å². The van der Waals surface area contributed by atoms with E-state index < -0.39 is 0 Å². The molecule has 1 aliphatic rings. The summed E-state index contributed by atoms with van der Waals surface area (Å²) in [5.41, 5.74) is 6.90. The van der Waals surface area contributed by atoms with Crippen LogP contribution in [0.4, 0.5) is 0 Å². The third-order valence-electron chi connectivity index (χ3n) is 4.40. The average Bonchev–Trinajstić information content (AvgIpc) is 3.16. The SMILES string of the molecule is CC(c1cc2ccccc2o1)N(C)C(CN)C1CC1. The van der Waals surface area contributed by atoms with Gasteiger partial charge < -0.3 is 10.2 Å². The molecule has 3 rings (SSSR count). The molecular weight excluding hydrogens is 236 g/mol. The molecule has 1 fully saturated rings. The van der Waals surface area contributed by atoms with Gasteiger partial charge in [-0.25, -0.2) is 0 Å². The lowest BCUT2D eigenvalue weighted by Crippen LogP contribution is -2.40. The van der Waals surface area contributed by atoms with Crippen molar-refractivity contribution in [1.29, 1.82) is 0 Å². The fourth-order valence-electron chi connectivity index (χ4n) is 2.87. The van der Waals surface area contributed by atoms with E-state index in [9.17, 15) is 0 Å². The third kappa shape index (κ3) is 2.40. The smallest absolute Gasteiger partial charge is 0.134 e. The van der Waals surface area contributed by atoms with Crippen LogP contribution < -0.4 is 5.73 Å². The maximum absolute atomic E-state index is 5.96. The molecule has 1 aromatic carbocycles. The van der Waals surface area contributed by atoms with Crippen molar-refractivity contribution in [2.24, 2.45) is 11.7 Å². The molecule has 0 amide bonds. The Labute approximate surface area is 114 Å². The standard InChI is InChI=1S/C16H22N2O/c1-11(18(2)14(10-17)12-7-8-12)16-9-13-5-3-4-6-15(13)19-16/h3-6,9,11-12,14H,7-8,10,17H2,1-2H3. The van der Waals surface area contributed by atoms with Crippen molar-refractivity contribution in [3.05, 3.63) is 36.1 Å². The van der Waals surface area contributed by atoms with Crippen LogP contribution in [-0.4, -0.2) is 24.5 Å². The van der Waals surface area contributed by atoms with Crippen LogP contribution in [0.25, 0.3) is 11.0 Å². The first kappa shape index (κ1) is 12.7. The Morgan fingerprint density at radius 1 is 1.37 bits per heavy atom. The van der Waals surface area contributed by atoms with E-state index in [1.807, 2.05) is 18.2 Å². The van der Waals surface area contributed by atoms with Gasteiger partial charge >= 0.3 is 0 Å². The first-order valence-corrected chi connectivity index (χ1v) is 7.11. The van der Waals surface area contributed by atoms with Crippen LogP contribution >= 0.6 is 0 Å². The molecule has 19 heavy (non-hydrogen) atoms. The molecule has 102 valence electrons.